The molecule has 0 saturated carbocycles. The van der Waals surface area contributed by atoms with Crippen LogP contribution in [0.5, 0.6) is 10.8 Å². The maximum atomic E-state index is 13.6. The van der Waals surface area contributed by atoms with E-state index < -0.39 is 5.82 Å². The number of ether oxygens (including phenoxy) is 1. The highest BCUT2D eigenvalue weighted by atomic mass is 79.9. The monoisotopic (exact) mass is 329 g/mol. The zero-order valence-corrected chi connectivity index (χ0v) is 12.1. The Morgan fingerprint density at radius 1 is 1.50 bits per heavy atom. The average Bonchev–Trinajstić information content (AvgIpc) is 2.64. The first-order valence-corrected chi connectivity index (χ1v) is 6.69. The predicted octanol–water partition coefficient (Wildman–Crippen LogP) is 4.35. The largest absolute Gasteiger partial charge is 0.442 e. The number of thiazole rings is 1. The summed E-state index contributed by atoms with van der Waals surface area (Å²) in [5.74, 6) is -0.490. The molecule has 0 saturated heterocycles. The van der Waals surface area contributed by atoms with E-state index in [1.165, 1.54) is 19.1 Å². The summed E-state index contributed by atoms with van der Waals surface area (Å²) in [5.41, 5.74) is 0.576. The summed E-state index contributed by atoms with van der Waals surface area (Å²) in [6, 6.07) is 4.52. The van der Waals surface area contributed by atoms with E-state index >= 15 is 0 Å². The molecule has 0 amide bonds. The van der Waals surface area contributed by atoms with Crippen molar-refractivity contribution in [1.82, 2.24) is 4.98 Å². The van der Waals surface area contributed by atoms with Gasteiger partial charge in [-0.15, -0.1) is 0 Å². The molecule has 0 aliphatic carbocycles. The van der Waals surface area contributed by atoms with Crippen molar-refractivity contribution in [1.29, 1.82) is 0 Å². The molecule has 1 aromatic heterocycles. The van der Waals surface area contributed by atoms with Gasteiger partial charge in [0.15, 0.2) is 22.4 Å². The number of aromatic nitrogens is 1. The van der Waals surface area contributed by atoms with Crippen molar-refractivity contribution in [2.24, 2.45) is 0 Å². The first-order chi connectivity index (χ1) is 8.47. The van der Waals surface area contributed by atoms with Crippen molar-refractivity contribution >= 4 is 33.0 Å². The maximum absolute atomic E-state index is 13.6. The van der Waals surface area contributed by atoms with Gasteiger partial charge in [-0.2, -0.15) is 0 Å². The van der Waals surface area contributed by atoms with E-state index in [0.717, 1.165) is 11.3 Å². The third-order valence-electron chi connectivity index (χ3n) is 2.15. The molecule has 1 heterocycles. The molecule has 3 nitrogen and oxygen atoms in total. The fraction of sp³-hybridized carbons (Fsp3) is 0.167. The number of carbonyl (C=O) groups excluding carboxylic acids is 1. The van der Waals surface area contributed by atoms with Gasteiger partial charge < -0.3 is 4.74 Å². The smallest absolute Gasteiger partial charge is 0.204 e. The van der Waals surface area contributed by atoms with Crippen molar-refractivity contribution in [2.75, 3.05) is 0 Å². The average molecular weight is 330 g/mol. The van der Waals surface area contributed by atoms with E-state index in [1.54, 1.807) is 13.0 Å². The van der Waals surface area contributed by atoms with Crippen molar-refractivity contribution in [3.8, 4) is 10.8 Å². The molecule has 2 rings (SSSR count). The van der Waals surface area contributed by atoms with Gasteiger partial charge in [0, 0.05) is 11.4 Å². The van der Waals surface area contributed by atoms with Gasteiger partial charge in [0.05, 0.1) is 5.69 Å². The fourth-order valence-electron chi connectivity index (χ4n) is 1.29. The van der Waals surface area contributed by atoms with E-state index in [9.17, 15) is 9.18 Å². The van der Waals surface area contributed by atoms with Gasteiger partial charge in [0.1, 0.15) is 0 Å². The number of benzene rings is 1. The highest BCUT2D eigenvalue weighted by Crippen LogP contribution is 2.33. The molecule has 94 valence electrons. The molecule has 0 aliphatic rings. The standard InChI is InChI=1S/C12H9BrFNO2S/c1-6-12(18-11(15-6)7(2)16)17-10-4-3-8(13)5-9(10)14/h3-5H,1-2H3. The van der Waals surface area contributed by atoms with Gasteiger partial charge in [-0.05, 0) is 25.1 Å². The number of Topliss-reactive ketones (excluding diaryl/α,β-unsaturated/α-hetero) is 1. The molecule has 0 spiro atoms. The molecule has 0 radical (unpaired) electrons. The van der Waals surface area contributed by atoms with Crippen molar-refractivity contribution in [3.63, 3.8) is 0 Å². The van der Waals surface area contributed by atoms with E-state index in [0.29, 0.717) is 20.2 Å². The lowest BCUT2D eigenvalue weighted by atomic mass is 10.3. The second-order valence-corrected chi connectivity index (χ2v) is 5.50. The Balaban J connectivity index is 2.31. The number of rotatable bonds is 3. The number of halogens is 2. The van der Waals surface area contributed by atoms with Crippen LogP contribution in [-0.2, 0) is 0 Å². The van der Waals surface area contributed by atoms with E-state index in [1.807, 2.05) is 0 Å². The minimum atomic E-state index is -0.471. The number of ketones is 1. The van der Waals surface area contributed by atoms with Crippen LogP contribution in [0.4, 0.5) is 4.39 Å². The van der Waals surface area contributed by atoms with Gasteiger partial charge in [-0.3, -0.25) is 4.79 Å². The Morgan fingerprint density at radius 3 is 2.78 bits per heavy atom. The number of nitrogens with zero attached hydrogens (tertiary/aromatic N) is 1. The highest BCUT2D eigenvalue weighted by molar-refractivity contribution is 9.10. The quantitative estimate of drug-likeness (QED) is 0.786. The highest BCUT2D eigenvalue weighted by Gasteiger charge is 2.14. The summed E-state index contributed by atoms with van der Waals surface area (Å²) in [5, 5.41) is 0.793. The van der Waals surface area contributed by atoms with E-state index in [2.05, 4.69) is 20.9 Å². The third-order valence-corrected chi connectivity index (χ3v) is 3.78. The van der Waals surface area contributed by atoms with Crippen LogP contribution in [0.25, 0.3) is 0 Å². The van der Waals surface area contributed by atoms with Crippen LogP contribution >= 0.6 is 27.3 Å². The minimum Gasteiger partial charge on any atom is -0.442 e. The summed E-state index contributed by atoms with van der Waals surface area (Å²) in [6.07, 6.45) is 0. The molecule has 2 aromatic rings. The molecule has 0 unspecified atom stereocenters. The number of carbonyl (C=O) groups is 1. The zero-order chi connectivity index (χ0) is 13.3. The second kappa shape index (κ2) is 5.16. The summed E-state index contributed by atoms with van der Waals surface area (Å²) in [4.78, 5) is 15.3. The Bertz CT molecular complexity index is 612. The van der Waals surface area contributed by atoms with Gasteiger partial charge in [-0.25, -0.2) is 9.37 Å². The second-order valence-electron chi connectivity index (χ2n) is 3.62. The van der Waals surface area contributed by atoms with Crippen LogP contribution in [0.1, 0.15) is 22.4 Å². The number of hydrogen-bond donors (Lipinski definition) is 0. The minimum absolute atomic E-state index is 0.111. The van der Waals surface area contributed by atoms with Crippen molar-refractivity contribution in [2.45, 2.75) is 13.8 Å². The van der Waals surface area contributed by atoms with Crippen LogP contribution < -0.4 is 4.74 Å². The molecule has 0 aliphatic heterocycles. The lowest BCUT2D eigenvalue weighted by Crippen LogP contribution is -1.89. The van der Waals surface area contributed by atoms with Gasteiger partial charge in [-0.1, -0.05) is 27.3 Å². The summed E-state index contributed by atoms with van der Waals surface area (Å²) >= 11 is 4.28. The summed E-state index contributed by atoms with van der Waals surface area (Å²) in [7, 11) is 0. The molecule has 1 aromatic carbocycles. The van der Waals surface area contributed by atoms with Crippen LogP contribution in [0.3, 0.4) is 0 Å². The molecule has 18 heavy (non-hydrogen) atoms. The Morgan fingerprint density at radius 2 is 2.22 bits per heavy atom. The van der Waals surface area contributed by atoms with Crippen LogP contribution in [0.15, 0.2) is 22.7 Å². The molecule has 0 N–H and O–H groups in total. The molecule has 0 fully saturated rings. The molecule has 0 atom stereocenters. The van der Waals surface area contributed by atoms with E-state index in [-0.39, 0.29) is 11.5 Å². The molecule has 6 heteroatoms. The SMILES string of the molecule is CC(=O)c1nc(C)c(Oc2ccc(Br)cc2F)s1. The van der Waals surface area contributed by atoms with Gasteiger partial charge in [0.2, 0.25) is 5.06 Å². The zero-order valence-electron chi connectivity index (χ0n) is 9.66. The molecule has 0 bridgehead atoms. The first kappa shape index (κ1) is 13.2. The fourth-order valence-corrected chi connectivity index (χ4v) is 2.45. The Hall–Kier alpha value is -1.27. The topological polar surface area (TPSA) is 39.2 Å². The summed E-state index contributed by atoms with van der Waals surface area (Å²) in [6.45, 7) is 3.15. The summed E-state index contributed by atoms with van der Waals surface area (Å²) < 4.78 is 19.7. The Kier molecular flexibility index (Phi) is 3.77. The van der Waals surface area contributed by atoms with Crippen molar-refractivity contribution in [3.05, 3.63) is 39.2 Å². The normalized spacial score (nSPS) is 10.4. The van der Waals surface area contributed by atoms with Crippen LogP contribution in [-0.4, -0.2) is 10.8 Å². The van der Waals surface area contributed by atoms with Crippen molar-refractivity contribution < 1.29 is 13.9 Å². The number of hydrogen-bond acceptors (Lipinski definition) is 4. The predicted molar refractivity (Wildman–Crippen MR) is 71.0 cm³/mol. The molecular formula is C12H9BrFNO2S. The van der Waals surface area contributed by atoms with Gasteiger partial charge >= 0.3 is 0 Å². The van der Waals surface area contributed by atoms with Crippen LogP contribution in [0, 0.1) is 12.7 Å². The number of aryl methyl sites for hydroxylation is 1. The first-order valence-electron chi connectivity index (χ1n) is 5.08. The lowest BCUT2D eigenvalue weighted by molar-refractivity contribution is 0.101. The van der Waals surface area contributed by atoms with E-state index in [4.69, 9.17) is 4.74 Å². The lowest BCUT2D eigenvalue weighted by Gasteiger charge is -2.04. The third kappa shape index (κ3) is 2.76. The van der Waals surface area contributed by atoms with Crippen LogP contribution in [0.2, 0.25) is 0 Å². The van der Waals surface area contributed by atoms with Gasteiger partial charge in [0.25, 0.3) is 0 Å². The maximum Gasteiger partial charge on any atom is 0.204 e. The molecular weight excluding hydrogens is 321 g/mol. The Labute approximate surface area is 116 Å².